The van der Waals surface area contributed by atoms with Crippen LogP contribution in [0.15, 0.2) is 66.7 Å². The van der Waals surface area contributed by atoms with Gasteiger partial charge in [0.1, 0.15) is 5.75 Å². The highest BCUT2D eigenvalue weighted by atomic mass is 32.2. The molecule has 0 radical (unpaired) electrons. The minimum absolute atomic E-state index is 0.0796. The lowest BCUT2D eigenvalue weighted by Crippen LogP contribution is -2.44. The largest absolute Gasteiger partial charge is 0.497 e. The van der Waals surface area contributed by atoms with Gasteiger partial charge in [-0.15, -0.1) is 11.8 Å². The van der Waals surface area contributed by atoms with Crippen LogP contribution in [0.5, 0.6) is 5.75 Å². The number of likely N-dealkylation sites (tertiary alicyclic amines) is 1. The van der Waals surface area contributed by atoms with Gasteiger partial charge in [0.25, 0.3) is 0 Å². The van der Waals surface area contributed by atoms with Crippen molar-refractivity contribution in [3.8, 4) is 5.75 Å². The highest BCUT2D eigenvalue weighted by molar-refractivity contribution is 7.99. The molecule has 1 amide bonds. The Kier molecular flexibility index (Phi) is 5.95. The molecule has 2 aromatic carbocycles. The molecule has 1 aliphatic heterocycles. The van der Waals surface area contributed by atoms with Gasteiger partial charge < -0.3 is 9.64 Å². The summed E-state index contributed by atoms with van der Waals surface area (Å²) in [5, 5.41) is 0. The second-order valence-electron chi connectivity index (χ2n) is 7.48. The van der Waals surface area contributed by atoms with Gasteiger partial charge in [0.2, 0.25) is 5.91 Å². The van der Waals surface area contributed by atoms with Crippen molar-refractivity contribution in [3.63, 3.8) is 0 Å². The summed E-state index contributed by atoms with van der Waals surface area (Å²) < 4.78 is 5.15. The maximum Gasteiger partial charge on any atom is 0.249 e. The van der Waals surface area contributed by atoms with E-state index in [1.165, 1.54) is 5.56 Å². The second-order valence-corrected chi connectivity index (χ2v) is 9.11. The molecule has 3 rings (SSSR count). The number of thioether (sulfide) groups is 1. The number of hydrogen-bond acceptors (Lipinski definition) is 3. The molecule has 1 fully saturated rings. The lowest BCUT2D eigenvalue weighted by molar-refractivity contribution is -0.127. The Hall–Kier alpha value is -2.20. The molecule has 0 N–H and O–H groups in total. The maximum absolute atomic E-state index is 12.7. The van der Waals surface area contributed by atoms with Crippen molar-refractivity contribution in [2.24, 2.45) is 0 Å². The smallest absolute Gasteiger partial charge is 0.249 e. The summed E-state index contributed by atoms with van der Waals surface area (Å²) in [6.07, 6.45) is 0.730. The Balaban J connectivity index is 1.72. The molecule has 1 saturated heterocycles. The van der Waals surface area contributed by atoms with Crippen molar-refractivity contribution in [1.82, 2.24) is 4.90 Å². The highest BCUT2D eigenvalue weighted by Crippen LogP contribution is 2.41. The molecular formula is C23H27NO2S. The fourth-order valence-electron chi connectivity index (χ4n) is 3.45. The van der Waals surface area contributed by atoms with E-state index in [9.17, 15) is 4.79 Å². The third kappa shape index (κ3) is 4.56. The molecule has 2 aromatic rings. The average Bonchev–Trinajstić information content (AvgIpc) is 2.97. The zero-order valence-corrected chi connectivity index (χ0v) is 17.1. The maximum atomic E-state index is 12.7. The van der Waals surface area contributed by atoms with Crippen LogP contribution < -0.4 is 4.74 Å². The zero-order valence-electron chi connectivity index (χ0n) is 16.3. The van der Waals surface area contributed by atoms with Gasteiger partial charge in [-0.25, -0.2) is 0 Å². The second kappa shape index (κ2) is 8.22. The lowest BCUT2D eigenvalue weighted by Gasteiger charge is -2.37. The molecular weight excluding hydrogens is 354 g/mol. The number of ether oxygens (including phenoxy) is 1. The van der Waals surface area contributed by atoms with E-state index in [4.69, 9.17) is 4.74 Å². The fourth-order valence-corrected chi connectivity index (χ4v) is 4.58. The van der Waals surface area contributed by atoms with Crippen LogP contribution in [0, 0.1) is 0 Å². The van der Waals surface area contributed by atoms with Crippen LogP contribution in [0.1, 0.15) is 31.4 Å². The summed E-state index contributed by atoms with van der Waals surface area (Å²) >= 11 is 1.89. The zero-order chi connectivity index (χ0) is 19.4. The molecule has 0 saturated carbocycles. The number of nitrogens with zero attached hydrogens (tertiary/aromatic N) is 1. The molecule has 1 heterocycles. The highest BCUT2D eigenvalue weighted by Gasteiger charge is 2.43. The number of hydrogen-bond donors (Lipinski definition) is 0. The molecule has 1 unspecified atom stereocenters. The van der Waals surface area contributed by atoms with Crippen molar-refractivity contribution < 1.29 is 9.53 Å². The third-order valence-corrected chi connectivity index (χ3v) is 6.64. The molecule has 0 spiro atoms. The summed E-state index contributed by atoms with van der Waals surface area (Å²) in [7, 11) is 1.68. The van der Waals surface area contributed by atoms with E-state index < -0.39 is 0 Å². The monoisotopic (exact) mass is 381 g/mol. The third-order valence-electron chi connectivity index (χ3n) is 5.15. The van der Waals surface area contributed by atoms with Crippen molar-refractivity contribution in [1.29, 1.82) is 0 Å². The van der Waals surface area contributed by atoms with Crippen molar-refractivity contribution in [2.45, 2.75) is 43.4 Å². The minimum atomic E-state index is -0.0796. The first-order valence-electron chi connectivity index (χ1n) is 9.20. The topological polar surface area (TPSA) is 29.5 Å². The Morgan fingerprint density at radius 2 is 1.78 bits per heavy atom. The van der Waals surface area contributed by atoms with E-state index in [2.05, 4.69) is 44.7 Å². The number of rotatable bonds is 7. The summed E-state index contributed by atoms with van der Waals surface area (Å²) in [6.45, 7) is 9.11. The normalized spacial score (nSPS) is 17.4. The van der Waals surface area contributed by atoms with Gasteiger partial charge in [-0.2, -0.15) is 0 Å². The standard InChI is InChI=1S/C23H27NO2S/c1-17-14-21(24(22(17)25)15-18-8-6-5-7-9-18)23(2,3)27-16-19-10-12-20(26-4)13-11-19/h5-13,21H,1,14-16H2,2-4H3. The van der Waals surface area contributed by atoms with E-state index in [-0.39, 0.29) is 16.7 Å². The summed E-state index contributed by atoms with van der Waals surface area (Å²) in [6, 6.07) is 18.5. The van der Waals surface area contributed by atoms with E-state index in [0.717, 1.165) is 23.5 Å². The van der Waals surface area contributed by atoms with Crippen molar-refractivity contribution in [3.05, 3.63) is 77.9 Å². The van der Waals surface area contributed by atoms with Crippen LogP contribution in [-0.2, 0) is 17.1 Å². The summed E-state index contributed by atoms with van der Waals surface area (Å²) in [5.41, 5.74) is 3.13. The number of methoxy groups -OCH3 is 1. The van der Waals surface area contributed by atoms with E-state index in [0.29, 0.717) is 12.1 Å². The summed E-state index contributed by atoms with van der Waals surface area (Å²) in [4.78, 5) is 14.7. The molecule has 3 nitrogen and oxygen atoms in total. The van der Waals surface area contributed by atoms with E-state index >= 15 is 0 Å². The number of benzene rings is 2. The Labute approximate surface area is 166 Å². The van der Waals surface area contributed by atoms with Crippen LogP contribution in [0.4, 0.5) is 0 Å². The number of amides is 1. The predicted octanol–water partition coefficient (Wildman–Crippen LogP) is 5.06. The van der Waals surface area contributed by atoms with Crippen LogP contribution in [-0.4, -0.2) is 28.7 Å². The van der Waals surface area contributed by atoms with Crippen LogP contribution >= 0.6 is 11.8 Å². The van der Waals surface area contributed by atoms with E-state index in [1.807, 2.05) is 47.0 Å². The van der Waals surface area contributed by atoms with Gasteiger partial charge in [0.05, 0.1) is 13.2 Å². The number of carbonyl (C=O) groups is 1. The molecule has 1 aliphatic rings. The van der Waals surface area contributed by atoms with Gasteiger partial charge in [-0.1, -0.05) is 49.0 Å². The Morgan fingerprint density at radius 3 is 2.41 bits per heavy atom. The molecule has 27 heavy (non-hydrogen) atoms. The molecule has 0 aliphatic carbocycles. The van der Waals surface area contributed by atoms with Gasteiger partial charge in [-0.05, 0) is 43.5 Å². The van der Waals surface area contributed by atoms with Gasteiger partial charge in [0, 0.05) is 22.6 Å². The first kappa shape index (κ1) is 19.6. The van der Waals surface area contributed by atoms with E-state index in [1.54, 1.807) is 7.11 Å². The van der Waals surface area contributed by atoms with Crippen molar-refractivity contribution >= 4 is 17.7 Å². The van der Waals surface area contributed by atoms with Crippen molar-refractivity contribution in [2.75, 3.05) is 7.11 Å². The molecule has 4 heteroatoms. The quantitative estimate of drug-likeness (QED) is 0.628. The minimum Gasteiger partial charge on any atom is -0.497 e. The van der Waals surface area contributed by atoms with Crippen LogP contribution in [0.25, 0.3) is 0 Å². The average molecular weight is 382 g/mol. The molecule has 0 bridgehead atoms. The Morgan fingerprint density at radius 1 is 1.11 bits per heavy atom. The Bertz CT molecular complexity index is 799. The molecule has 142 valence electrons. The predicted molar refractivity (Wildman–Crippen MR) is 113 cm³/mol. The molecule has 0 aromatic heterocycles. The SMILES string of the molecule is C=C1CC(C(C)(C)SCc2ccc(OC)cc2)N(Cc2ccccc2)C1=O. The number of carbonyl (C=O) groups excluding carboxylic acids is 1. The van der Waals surface area contributed by atoms with Gasteiger partial charge in [0.15, 0.2) is 0 Å². The van der Waals surface area contributed by atoms with Crippen LogP contribution in [0.2, 0.25) is 0 Å². The van der Waals surface area contributed by atoms with Crippen LogP contribution in [0.3, 0.4) is 0 Å². The first-order valence-corrected chi connectivity index (χ1v) is 10.2. The van der Waals surface area contributed by atoms with Gasteiger partial charge >= 0.3 is 0 Å². The summed E-state index contributed by atoms with van der Waals surface area (Å²) in [5.74, 6) is 1.85. The fraction of sp³-hybridized carbons (Fsp3) is 0.348. The first-order chi connectivity index (χ1) is 12.9. The lowest BCUT2D eigenvalue weighted by atomic mass is 9.99. The molecule has 1 atom stereocenters. The van der Waals surface area contributed by atoms with Gasteiger partial charge in [-0.3, -0.25) is 4.79 Å².